The summed E-state index contributed by atoms with van der Waals surface area (Å²) < 4.78 is 6.31. The van der Waals surface area contributed by atoms with E-state index >= 15 is 0 Å². The first kappa shape index (κ1) is 20.7. The largest absolute Gasteiger partial charge is 0.459 e. The lowest BCUT2D eigenvalue weighted by molar-refractivity contribution is -0.168. The molecule has 4 aliphatic rings. The fraction of sp³-hybridized carbons (Fsp3) is 0.962. The Balaban J connectivity index is 1.56. The van der Waals surface area contributed by atoms with Crippen molar-refractivity contribution in [3.8, 4) is 0 Å². The number of esters is 1. The molecule has 4 fully saturated rings. The fourth-order valence-electron chi connectivity index (χ4n) is 8.17. The molecule has 28 heavy (non-hydrogen) atoms. The number of rotatable bonds is 3. The summed E-state index contributed by atoms with van der Waals surface area (Å²) in [6.45, 7) is 16.8. The van der Waals surface area contributed by atoms with E-state index < -0.39 is 0 Å². The van der Waals surface area contributed by atoms with Gasteiger partial charge >= 0.3 is 5.97 Å². The molecule has 0 aromatic rings. The highest BCUT2D eigenvalue weighted by Gasteiger charge is 2.65. The van der Waals surface area contributed by atoms with Gasteiger partial charge in [-0.2, -0.15) is 0 Å². The molecule has 0 heterocycles. The van der Waals surface area contributed by atoms with Gasteiger partial charge in [0.15, 0.2) is 0 Å². The smallest absolute Gasteiger partial charge is 0.309 e. The zero-order valence-electron chi connectivity index (χ0n) is 19.5. The summed E-state index contributed by atoms with van der Waals surface area (Å²) in [5, 5.41) is 0. The second-order valence-corrected chi connectivity index (χ2v) is 13.0. The third-order valence-corrected chi connectivity index (χ3v) is 9.57. The number of carbonyl (C=O) groups excluding carboxylic acids is 1. The van der Waals surface area contributed by atoms with Crippen molar-refractivity contribution in [1.29, 1.82) is 0 Å². The van der Waals surface area contributed by atoms with Gasteiger partial charge < -0.3 is 4.74 Å². The third kappa shape index (κ3) is 3.25. The molecule has 0 radical (unpaired) electrons. The molecule has 4 aliphatic carbocycles. The molecule has 2 nitrogen and oxygen atoms in total. The number of hydrogen-bond donors (Lipinski definition) is 0. The van der Waals surface area contributed by atoms with Crippen LogP contribution in [0, 0.1) is 52.3 Å². The van der Waals surface area contributed by atoms with Crippen LogP contribution in [0.4, 0.5) is 0 Å². The van der Waals surface area contributed by atoms with E-state index in [1.54, 1.807) is 0 Å². The van der Waals surface area contributed by atoms with Gasteiger partial charge in [-0.3, -0.25) is 4.79 Å². The Morgan fingerprint density at radius 3 is 2.00 bits per heavy atom. The Hall–Kier alpha value is -0.530. The number of ether oxygens (including phenoxy) is 1. The van der Waals surface area contributed by atoms with Crippen molar-refractivity contribution in [1.82, 2.24) is 0 Å². The Morgan fingerprint density at radius 2 is 1.46 bits per heavy atom. The van der Waals surface area contributed by atoms with Crippen molar-refractivity contribution < 1.29 is 9.53 Å². The van der Waals surface area contributed by atoms with Gasteiger partial charge in [-0.25, -0.2) is 0 Å². The molecule has 160 valence electrons. The first-order valence-corrected chi connectivity index (χ1v) is 12.2. The molecule has 0 aromatic heterocycles. The molecule has 4 saturated carbocycles. The van der Waals surface area contributed by atoms with Gasteiger partial charge in [-0.1, -0.05) is 48.5 Å². The summed E-state index contributed by atoms with van der Waals surface area (Å²) >= 11 is 0. The number of fused-ring (bicyclic) bond motifs is 5. The van der Waals surface area contributed by atoms with E-state index in [-0.39, 0.29) is 17.5 Å². The Bertz CT molecular complexity index is 601. The van der Waals surface area contributed by atoms with Crippen molar-refractivity contribution in [2.45, 2.75) is 105 Å². The fourth-order valence-corrected chi connectivity index (χ4v) is 8.17. The molecule has 7 atom stereocenters. The predicted molar refractivity (Wildman–Crippen MR) is 115 cm³/mol. The van der Waals surface area contributed by atoms with Gasteiger partial charge in [0.1, 0.15) is 5.60 Å². The highest BCUT2D eigenvalue weighted by molar-refractivity contribution is 5.74. The molecule has 0 amide bonds. The Morgan fingerprint density at radius 1 is 0.893 bits per heavy atom. The topological polar surface area (TPSA) is 26.3 Å². The maximum absolute atomic E-state index is 13.4. The molecule has 0 saturated heterocycles. The van der Waals surface area contributed by atoms with Crippen molar-refractivity contribution in [2.75, 3.05) is 0 Å². The minimum absolute atomic E-state index is 0.134. The Labute approximate surface area is 173 Å². The first-order valence-electron chi connectivity index (χ1n) is 12.2. The van der Waals surface area contributed by atoms with Crippen LogP contribution in [0.1, 0.15) is 99.8 Å². The van der Waals surface area contributed by atoms with E-state index in [2.05, 4.69) is 48.5 Å². The van der Waals surface area contributed by atoms with Crippen LogP contribution in [0.25, 0.3) is 0 Å². The predicted octanol–water partition coefficient (Wildman–Crippen LogP) is 6.87. The van der Waals surface area contributed by atoms with E-state index in [4.69, 9.17) is 4.74 Å². The molecular formula is C26H44O2. The summed E-state index contributed by atoms with van der Waals surface area (Å²) in [7, 11) is 0. The lowest BCUT2D eigenvalue weighted by Gasteiger charge is -2.41. The molecule has 0 N–H and O–H groups in total. The van der Waals surface area contributed by atoms with E-state index in [1.165, 1.54) is 25.7 Å². The van der Waals surface area contributed by atoms with E-state index in [1.807, 2.05) is 0 Å². The summed E-state index contributed by atoms with van der Waals surface area (Å²) in [6, 6.07) is 0. The van der Waals surface area contributed by atoms with Gasteiger partial charge in [0, 0.05) is 0 Å². The summed E-state index contributed by atoms with van der Waals surface area (Å²) in [5.74, 6) is 4.82. The van der Waals surface area contributed by atoms with Gasteiger partial charge in [0.2, 0.25) is 0 Å². The van der Waals surface area contributed by atoms with Crippen LogP contribution in [-0.4, -0.2) is 11.6 Å². The summed E-state index contributed by atoms with van der Waals surface area (Å²) in [4.78, 5) is 13.4. The minimum atomic E-state index is -0.134. The van der Waals surface area contributed by atoms with Crippen LogP contribution in [0.15, 0.2) is 0 Å². The maximum Gasteiger partial charge on any atom is 0.309 e. The zero-order valence-corrected chi connectivity index (χ0v) is 19.5. The van der Waals surface area contributed by atoms with E-state index in [0.717, 1.165) is 55.3 Å². The van der Waals surface area contributed by atoms with Gasteiger partial charge in [-0.15, -0.1) is 0 Å². The molecule has 0 aliphatic heterocycles. The van der Waals surface area contributed by atoms with E-state index in [9.17, 15) is 4.79 Å². The summed E-state index contributed by atoms with van der Waals surface area (Å²) in [5.41, 5.74) is 0.572. The van der Waals surface area contributed by atoms with Gasteiger partial charge in [-0.05, 0) is 97.7 Å². The van der Waals surface area contributed by atoms with Crippen molar-refractivity contribution in [3.63, 3.8) is 0 Å². The normalized spacial score (nSPS) is 42.0. The quantitative estimate of drug-likeness (QED) is 0.493. The number of carbonyl (C=O) groups is 1. The monoisotopic (exact) mass is 388 g/mol. The third-order valence-electron chi connectivity index (χ3n) is 9.57. The Kier molecular flexibility index (Phi) is 4.99. The zero-order chi connectivity index (χ0) is 20.5. The lowest BCUT2D eigenvalue weighted by Crippen LogP contribution is -2.41. The van der Waals surface area contributed by atoms with Gasteiger partial charge in [0.25, 0.3) is 0 Å². The lowest BCUT2D eigenvalue weighted by atomic mass is 9.64. The highest BCUT2D eigenvalue weighted by Crippen LogP contribution is 2.69. The average Bonchev–Trinajstić information content (AvgIpc) is 3.33. The number of hydrogen-bond acceptors (Lipinski definition) is 2. The summed E-state index contributed by atoms with van der Waals surface area (Å²) in [6.07, 6.45) is 9.35. The average molecular weight is 389 g/mol. The van der Waals surface area contributed by atoms with Crippen LogP contribution in [0.5, 0.6) is 0 Å². The van der Waals surface area contributed by atoms with Crippen molar-refractivity contribution in [2.24, 2.45) is 52.3 Å². The SMILES string of the molecule is CCC1(OC(=O)C2CC3CC2C2C3C(C(C)(C)C)CC2C(C)(C)C)CCCC1. The molecule has 4 rings (SSSR count). The minimum Gasteiger partial charge on any atom is -0.459 e. The van der Waals surface area contributed by atoms with Crippen molar-refractivity contribution in [3.05, 3.63) is 0 Å². The van der Waals surface area contributed by atoms with Crippen LogP contribution >= 0.6 is 0 Å². The molecule has 2 bridgehead atoms. The van der Waals surface area contributed by atoms with Crippen LogP contribution in [0.2, 0.25) is 0 Å². The first-order chi connectivity index (χ1) is 13.0. The maximum atomic E-state index is 13.4. The molecule has 7 unspecified atom stereocenters. The second-order valence-electron chi connectivity index (χ2n) is 13.0. The molecular weight excluding hydrogens is 344 g/mol. The van der Waals surface area contributed by atoms with Crippen LogP contribution in [-0.2, 0) is 9.53 Å². The second kappa shape index (κ2) is 6.74. The molecule has 0 aromatic carbocycles. The molecule has 0 spiro atoms. The molecule has 2 heteroatoms. The van der Waals surface area contributed by atoms with Crippen molar-refractivity contribution >= 4 is 5.97 Å². The van der Waals surface area contributed by atoms with Crippen LogP contribution < -0.4 is 0 Å². The van der Waals surface area contributed by atoms with Gasteiger partial charge in [0.05, 0.1) is 5.92 Å². The standard InChI is InChI=1S/C26H44O2/c1-8-26(11-9-10-12-26)28-23(27)18-14-16-13-17(18)22-20(25(5,6)7)15-19(21(16)22)24(2,3)4/h16-22H,8-15H2,1-7H3. The highest BCUT2D eigenvalue weighted by atomic mass is 16.6. The van der Waals surface area contributed by atoms with Crippen LogP contribution in [0.3, 0.4) is 0 Å². The van der Waals surface area contributed by atoms with E-state index in [0.29, 0.717) is 16.7 Å².